The summed E-state index contributed by atoms with van der Waals surface area (Å²) in [6.07, 6.45) is 23.6. The van der Waals surface area contributed by atoms with E-state index >= 15 is 0 Å². The first-order valence-corrected chi connectivity index (χ1v) is 11.9. The maximum absolute atomic E-state index is 5.93. The quantitative estimate of drug-likeness (QED) is 0.171. The van der Waals surface area contributed by atoms with Gasteiger partial charge in [-0.05, 0) is 19.8 Å². The molecule has 0 aromatic rings. The highest BCUT2D eigenvalue weighted by atomic mass is 16.7. The van der Waals surface area contributed by atoms with Crippen LogP contribution in [0, 0.1) is 0 Å². The number of nitrogens with two attached hydrogens (primary N) is 1. The third-order valence-corrected chi connectivity index (χ3v) is 5.48. The summed E-state index contributed by atoms with van der Waals surface area (Å²) in [5.74, 6) is 0. The minimum atomic E-state index is 0.0982. The molecular formula is C23H50N2O. The normalized spacial score (nSPS) is 13.8. The van der Waals surface area contributed by atoms with E-state index in [2.05, 4.69) is 19.3 Å². The molecule has 0 amide bonds. The largest absolute Gasteiger partial charge is 0.325 e. The Labute approximate surface area is 165 Å². The molecule has 0 saturated carbocycles. The Bertz CT molecular complexity index is 261. The fraction of sp³-hybridized carbons (Fsp3) is 1.00. The third kappa shape index (κ3) is 18.7. The van der Waals surface area contributed by atoms with Crippen LogP contribution in [0.3, 0.4) is 0 Å². The molecular weight excluding hydrogens is 320 g/mol. The standard InChI is InChI=1S/C23H50N2O/c1-4-6-7-8-9-10-11-12-13-14-15-16-17-18-19-20-21-25-26-22(3)23(24)5-2/h22-23,25H,4-21,24H2,1-3H3. The average Bonchev–Trinajstić information content (AvgIpc) is 2.66. The fourth-order valence-corrected chi connectivity index (χ4v) is 3.35. The molecule has 0 heterocycles. The molecule has 26 heavy (non-hydrogen) atoms. The van der Waals surface area contributed by atoms with E-state index in [0.717, 1.165) is 13.0 Å². The summed E-state index contributed by atoms with van der Waals surface area (Å²) in [5.41, 5.74) is 9.00. The van der Waals surface area contributed by atoms with Crippen molar-refractivity contribution in [2.75, 3.05) is 6.54 Å². The average molecular weight is 371 g/mol. The molecule has 3 heteroatoms. The maximum atomic E-state index is 5.93. The number of rotatable bonds is 21. The van der Waals surface area contributed by atoms with Gasteiger partial charge in [0.2, 0.25) is 0 Å². The van der Waals surface area contributed by atoms with Crippen molar-refractivity contribution in [2.45, 2.75) is 142 Å². The molecule has 0 rings (SSSR count). The molecule has 0 radical (unpaired) electrons. The summed E-state index contributed by atoms with van der Waals surface area (Å²) in [6.45, 7) is 7.37. The van der Waals surface area contributed by atoms with Crippen molar-refractivity contribution >= 4 is 0 Å². The van der Waals surface area contributed by atoms with Gasteiger partial charge in [0.25, 0.3) is 0 Å². The summed E-state index contributed by atoms with van der Waals surface area (Å²) in [4.78, 5) is 5.54. The molecule has 0 bridgehead atoms. The number of unbranched alkanes of at least 4 members (excludes halogenated alkanes) is 15. The van der Waals surface area contributed by atoms with Crippen molar-refractivity contribution in [3.63, 3.8) is 0 Å². The van der Waals surface area contributed by atoms with Crippen LogP contribution in [0.25, 0.3) is 0 Å². The van der Waals surface area contributed by atoms with Crippen molar-refractivity contribution < 1.29 is 4.84 Å². The van der Waals surface area contributed by atoms with E-state index in [1.807, 2.05) is 6.92 Å². The van der Waals surface area contributed by atoms with Crippen molar-refractivity contribution in [3.8, 4) is 0 Å². The van der Waals surface area contributed by atoms with Crippen LogP contribution in [-0.4, -0.2) is 18.7 Å². The molecule has 3 nitrogen and oxygen atoms in total. The zero-order valence-electron chi connectivity index (χ0n) is 18.4. The smallest absolute Gasteiger partial charge is 0.0912 e. The highest BCUT2D eigenvalue weighted by Crippen LogP contribution is 2.13. The van der Waals surface area contributed by atoms with Gasteiger partial charge in [0.05, 0.1) is 6.10 Å². The lowest BCUT2D eigenvalue weighted by Gasteiger charge is -2.18. The van der Waals surface area contributed by atoms with Gasteiger partial charge in [-0.3, -0.25) is 4.84 Å². The van der Waals surface area contributed by atoms with Gasteiger partial charge in [-0.2, -0.15) is 0 Å². The lowest BCUT2D eigenvalue weighted by Crippen LogP contribution is -2.37. The Balaban J connectivity index is 3.07. The van der Waals surface area contributed by atoms with Gasteiger partial charge in [-0.1, -0.05) is 110 Å². The highest BCUT2D eigenvalue weighted by Gasteiger charge is 2.10. The molecule has 3 N–H and O–H groups in total. The molecule has 2 unspecified atom stereocenters. The predicted octanol–water partition coefficient (Wildman–Crippen LogP) is 6.89. The zero-order valence-corrected chi connectivity index (χ0v) is 18.4. The second-order valence-corrected chi connectivity index (χ2v) is 8.09. The van der Waals surface area contributed by atoms with Crippen molar-refractivity contribution in [1.29, 1.82) is 0 Å². The second kappa shape index (κ2) is 21.2. The molecule has 0 saturated heterocycles. The molecule has 0 aliphatic rings. The van der Waals surface area contributed by atoms with Gasteiger partial charge in [0.1, 0.15) is 0 Å². The van der Waals surface area contributed by atoms with Crippen LogP contribution in [0.2, 0.25) is 0 Å². The first-order chi connectivity index (χ1) is 12.7. The van der Waals surface area contributed by atoms with Crippen LogP contribution in [0.5, 0.6) is 0 Å². The molecule has 158 valence electrons. The van der Waals surface area contributed by atoms with Crippen LogP contribution in [-0.2, 0) is 4.84 Å². The van der Waals surface area contributed by atoms with Gasteiger partial charge in [0.15, 0.2) is 0 Å². The molecule has 0 aliphatic carbocycles. The van der Waals surface area contributed by atoms with Gasteiger partial charge in [0, 0.05) is 12.6 Å². The molecule has 0 aromatic carbocycles. The van der Waals surface area contributed by atoms with E-state index in [4.69, 9.17) is 10.6 Å². The Kier molecular flexibility index (Phi) is 21.1. The number of hydrogen-bond donors (Lipinski definition) is 2. The van der Waals surface area contributed by atoms with Crippen molar-refractivity contribution in [2.24, 2.45) is 5.73 Å². The third-order valence-electron chi connectivity index (χ3n) is 5.48. The van der Waals surface area contributed by atoms with E-state index < -0.39 is 0 Å². The molecule has 2 atom stereocenters. The van der Waals surface area contributed by atoms with Crippen molar-refractivity contribution in [1.82, 2.24) is 5.48 Å². The minimum absolute atomic E-state index is 0.0982. The molecule has 0 aliphatic heterocycles. The summed E-state index contributed by atoms with van der Waals surface area (Å²) < 4.78 is 0. The lowest BCUT2D eigenvalue weighted by molar-refractivity contribution is -0.0281. The van der Waals surface area contributed by atoms with E-state index in [0.29, 0.717) is 0 Å². The van der Waals surface area contributed by atoms with Crippen LogP contribution >= 0.6 is 0 Å². The molecule has 0 aromatic heterocycles. The minimum Gasteiger partial charge on any atom is -0.325 e. The first-order valence-electron chi connectivity index (χ1n) is 11.9. The zero-order chi connectivity index (χ0) is 19.3. The van der Waals surface area contributed by atoms with Gasteiger partial charge >= 0.3 is 0 Å². The second-order valence-electron chi connectivity index (χ2n) is 8.09. The van der Waals surface area contributed by atoms with E-state index in [-0.39, 0.29) is 12.1 Å². The first kappa shape index (κ1) is 25.9. The highest BCUT2D eigenvalue weighted by molar-refractivity contribution is 4.65. The van der Waals surface area contributed by atoms with E-state index in [1.165, 1.54) is 103 Å². The SMILES string of the molecule is CCCCCCCCCCCCCCCCCCNOC(C)C(N)CC. The van der Waals surface area contributed by atoms with E-state index in [1.54, 1.807) is 0 Å². The summed E-state index contributed by atoms with van der Waals surface area (Å²) in [6, 6.07) is 0.133. The summed E-state index contributed by atoms with van der Waals surface area (Å²) >= 11 is 0. The van der Waals surface area contributed by atoms with Gasteiger partial charge in [-0.15, -0.1) is 0 Å². The lowest BCUT2D eigenvalue weighted by atomic mass is 10.0. The topological polar surface area (TPSA) is 47.3 Å². The summed E-state index contributed by atoms with van der Waals surface area (Å²) in [7, 11) is 0. The van der Waals surface area contributed by atoms with Crippen LogP contribution < -0.4 is 11.2 Å². The fourth-order valence-electron chi connectivity index (χ4n) is 3.35. The predicted molar refractivity (Wildman–Crippen MR) is 116 cm³/mol. The number of hydrogen-bond acceptors (Lipinski definition) is 3. The maximum Gasteiger partial charge on any atom is 0.0912 e. The van der Waals surface area contributed by atoms with Crippen molar-refractivity contribution in [3.05, 3.63) is 0 Å². The van der Waals surface area contributed by atoms with Gasteiger partial charge < -0.3 is 5.73 Å². The Morgan fingerprint density at radius 2 is 1.04 bits per heavy atom. The van der Waals surface area contributed by atoms with Crippen LogP contribution in [0.15, 0.2) is 0 Å². The Hall–Kier alpha value is -0.120. The number of nitrogens with one attached hydrogen (secondary N) is 1. The Morgan fingerprint density at radius 1 is 0.654 bits per heavy atom. The molecule has 0 spiro atoms. The van der Waals surface area contributed by atoms with Crippen LogP contribution in [0.4, 0.5) is 0 Å². The summed E-state index contributed by atoms with van der Waals surface area (Å²) in [5, 5.41) is 0. The van der Waals surface area contributed by atoms with Gasteiger partial charge in [-0.25, -0.2) is 5.48 Å². The van der Waals surface area contributed by atoms with E-state index in [9.17, 15) is 0 Å². The number of hydroxylamine groups is 1. The molecule has 0 fully saturated rings. The Morgan fingerprint density at radius 3 is 1.42 bits per heavy atom. The van der Waals surface area contributed by atoms with Crippen LogP contribution in [0.1, 0.15) is 130 Å². The monoisotopic (exact) mass is 370 g/mol.